The minimum absolute atomic E-state index is 0.0218. The third kappa shape index (κ3) is 2.76. The third-order valence-corrected chi connectivity index (χ3v) is 4.82. The van der Waals surface area contributed by atoms with Gasteiger partial charge < -0.3 is 9.47 Å². The van der Waals surface area contributed by atoms with Crippen LogP contribution in [0.15, 0.2) is 0 Å². The van der Waals surface area contributed by atoms with E-state index in [1.807, 2.05) is 0 Å². The Bertz CT molecular complexity index is 369. The second kappa shape index (κ2) is 6.25. The molecule has 4 nitrogen and oxygen atoms in total. The monoisotopic (exact) mass is 282 g/mol. The van der Waals surface area contributed by atoms with Crippen LogP contribution in [0.5, 0.6) is 0 Å². The highest BCUT2D eigenvalue weighted by atomic mass is 16.5. The second-order valence-corrected chi connectivity index (χ2v) is 6.53. The van der Waals surface area contributed by atoms with E-state index in [4.69, 9.17) is 9.47 Å². The molecule has 1 saturated carbocycles. The van der Waals surface area contributed by atoms with E-state index in [-0.39, 0.29) is 24.3 Å². The molecule has 1 aliphatic carbocycles. The number of ketones is 1. The first-order valence-electron chi connectivity index (χ1n) is 7.79. The molecule has 1 heterocycles. The van der Waals surface area contributed by atoms with Crippen LogP contribution in [0.3, 0.4) is 0 Å². The largest absolute Gasteiger partial charge is 0.465 e. The molecule has 20 heavy (non-hydrogen) atoms. The van der Waals surface area contributed by atoms with E-state index in [1.54, 1.807) is 6.92 Å². The third-order valence-electron chi connectivity index (χ3n) is 4.82. The molecule has 0 N–H and O–H groups in total. The van der Waals surface area contributed by atoms with E-state index >= 15 is 0 Å². The van der Waals surface area contributed by atoms with E-state index in [1.165, 1.54) is 6.42 Å². The lowest BCUT2D eigenvalue weighted by Gasteiger charge is -2.44. The van der Waals surface area contributed by atoms with Gasteiger partial charge in [0.2, 0.25) is 0 Å². The average molecular weight is 282 g/mol. The summed E-state index contributed by atoms with van der Waals surface area (Å²) >= 11 is 0. The highest BCUT2D eigenvalue weighted by molar-refractivity contribution is 6.04. The van der Waals surface area contributed by atoms with Gasteiger partial charge in [0, 0.05) is 6.42 Å². The summed E-state index contributed by atoms with van der Waals surface area (Å²) in [6.45, 7) is 7.13. The number of carbonyl (C=O) groups excluding carboxylic acids is 2. The Morgan fingerprint density at radius 2 is 1.95 bits per heavy atom. The fourth-order valence-corrected chi connectivity index (χ4v) is 4.00. The Kier molecular flexibility index (Phi) is 4.84. The number of hydrogen-bond donors (Lipinski definition) is 0. The van der Waals surface area contributed by atoms with E-state index in [9.17, 15) is 9.59 Å². The van der Waals surface area contributed by atoms with E-state index < -0.39 is 5.41 Å². The minimum Gasteiger partial charge on any atom is -0.465 e. The zero-order valence-corrected chi connectivity index (χ0v) is 12.8. The van der Waals surface area contributed by atoms with Crippen LogP contribution >= 0.6 is 0 Å². The van der Waals surface area contributed by atoms with Crippen molar-refractivity contribution in [2.24, 2.45) is 23.2 Å². The zero-order valence-electron chi connectivity index (χ0n) is 12.8. The van der Waals surface area contributed by atoms with Gasteiger partial charge in [-0.3, -0.25) is 9.59 Å². The van der Waals surface area contributed by atoms with Crippen LogP contribution in [0.2, 0.25) is 0 Å². The molecule has 2 aliphatic rings. The Balaban J connectivity index is 2.30. The van der Waals surface area contributed by atoms with E-state index in [2.05, 4.69) is 13.8 Å². The first-order chi connectivity index (χ1) is 9.50. The van der Waals surface area contributed by atoms with E-state index in [0.29, 0.717) is 31.5 Å². The van der Waals surface area contributed by atoms with Gasteiger partial charge in [0.05, 0.1) is 19.8 Å². The lowest BCUT2D eigenvalue weighted by atomic mass is 9.61. The number of Topliss-reactive ketones (excluding diaryl/α,β-unsaturated/α-hetero) is 1. The summed E-state index contributed by atoms with van der Waals surface area (Å²) in [5.41, 5.74) is -1.04. The molecule has 0 aromatic heterocycles. The zero-order chi connectivity index (χ0) is 14.8. The van der Waals surface area contributed by atoms with Crippen molar-refractivity contribution in [2.45, 2.75) is 46.5 Å². The standard InChI is InChI=1S/C16H26O4/c1-4-20-15(18)16(10-19-6-5-14(16)17)13-8-11(2)7-12(3)9-13/h11-13H,4-10H2,1-3H3. The molecule has 114 valence electrons. The Morgan fingerprint density at radius 3 is 2.50 bits per heavy atom. The molecule has 1 aliphatic heterocycles. The fraction of sp³-hybridized carbons (Fsp3) is 0.875. The van der Waals surface area contributed by atoms with Gasteiger partial charge in [0.1, 0.15) is 0 Å². The highest BCUT2D eigenvalue weighted by Crippen LogP contribution is 2.46. The summed E-state index contributed by atoms with van der Waals surface area (Å²) in [7, 11) is 0. The molecule has 0 spiro atoms. The number of ether oxygens (including phenoxy) is 2. The highest BCUT2D eigenvalue weighted by Gasteiger charge is 2.55. The predicted octanol–water partition coefficient (Wildman–Crippen LogP) is 2.60. The molecule has 3 atom stereocenters. The molecule has 0 bridgehead atoms. The van der Waals surface area contributed by atoms with Gasteiger partial charge in [-0.2, -0.15) is 0 Å². The van der Waals surface area contributed by atoms with Crippen molar-refractivity contribution in [3.63, 3.8) is 0 Å². The lowest BCUT2D eigenvalue weighted by Crippen LogP contribution is -2.54. The Hall–Kier alpha value is -0.900. The maximum absolute atomic E-state index is 12.6. The SMILES string of the molecule is CCOC(=O)C1(C2CC(C)CC(C)C2)COCCC1=O. The van der Waals surface area contributed by atoms with Crippen LogP contribution in [0.25, 0.3) is 0 Å². The Labute approximate surface area is 121 Å². The van der Waals surface area contributed by atoms with Crippen LogP contribution in [0.1, 0.15) is 46.5 Å². The van der Waals surface area contributed by atoms with Crippen molar-refractivity contribution in [2.75, 3.05) is 19.8 Å². The van der Waals surface area contributed by atoms with E-state index in [0.717, 1.165) is 12.8 Å². The van der Waals surface area contributed by atoms with Crippen LogP contribution in [0.4, 0.5) is 0 Å². The van der Waals surface area contributed by atoms with Crippen molar-refractivity contribution in [3.8, 4) is 0 Å². The lowest BCUT2D eigenvalue weighted by molar-refractivity contribution is -0.177. The van der Waals surface area contributed by atoms with Crippen molar-refractivity contribution in [1.29, 1.82) is 0 Å². The number of rotatable bonds is 3. The molecule has 0 amide bonds. The molecule has 1 saturated heterocycles. The summed E-state index contributed by atoms with van der Waals surface area (Å²) < 4.78 is 10.8. The summed E-state index contributed by atoms with van der Waals surface area (Å²) in [6, 6.07) is 0. The number of hydrogen-bond acceptors (Lipinski definition) is 4. The second-order valence-electron chi connectivity index (χ2n) is 6.53. The van der Waals surface area contributed by atoms with Crippen molar-refractivity contribution in [1.82, 2.24) is 0 Å². The topological polar surface area (TPSA) is 52.6 Å². The summed E-state index contributed by atoms with van der Waals surface area (Å²) in [4.78, 5) is 25.1. The molecule has 0 aromatic carbocycles. The van der Waals surface area contributed by atoms with Crippen LogP contribution in [-0.2, 0) is 19.1 Å². The van der Waals surface area contributed by atoms with Gasteiger partial charge >= 0.3 is 5.97 Å². The molecule has 4 heteroatoms. The van der Waals surface area contributed by atoms with Crippen molar-refractivity contribution in [3.05, 3.63) is 0 Å². The van der Waals surface area contributed by atoms with Gasteiger partial charge in [-0.1, -0.05) is 13.8 Å². The molecule has 2 fully saturated rings. The minimum atomic E-state index is -1.04. The van der Waals surface area contributed by atoms with Gasteiger partial charge in [0.15, 0.2) is 11.2 Å². The average Bonchev–Trinajstić information content (AvgIpc) is 2.38. The normalized spacial score (nSPS) is 38.5. The van der Waals surface area contributed by atoms with Gasteiger partial charge in [-0.15, -0.1) is 0 Å². The number of esters is 1. The van der Waals surface area contributed by atoms with Gasteiger partial charge in [-0.25, -0.2) is 0 Å². The van der Waals surface area contributed by atoms with Gasteiger partial charge in [0.25, 0.3) is 0 Å². The van der Waals surface area contributed by atoms with Crippen LogP contribution in [-0.4, -0.2) is 31.6 Å². The first kappa shape index (κ1) is 15.5. The summed E-state index contributed by atoms with van der Waals surface area (Å²) in [5, 5.41) is 0. The van der Waals surface area contributed by atoms with Crippen molar-refractivity contribution < 1.29 is 19.1 Å². The van der Waals surface area contributed by atoms with Crippen LogP contribution in [0, 0.1) is 23.2 Å². The first-order valence-corrected chi connectivity index (χ1v) is 7.79. The molecule has 0 aromatic rings. The maximum atomic E-state index is 12.6. The molecule has 3 unspecified atom stereocenters. The van der Waals surface area contributed by atoms with Crippen LogP contribution < -0.4 is 0 Å². The summed E-state index contributed by atoms with van der Waals surface area (Å²) in [5.74, 6) is 0.812. The Morgan fingerprint density at radius 1 is 1.30 bits per heavy atom. The maximum Gasteiger partial charge on any atom is 0.322 e. The quantitative estimate of drug-likeness (QED) is 0.590. The predicted molar refractivity (Wildman–Crippen MR) is 75.2 cm³/mol. The van der Waals surface area contributed by atoms with Crippen molar-refractivity contribution >= 4 is 11.8 Å². The summed E-state index contributed by atoms with van der Waals surface area (Å²) in [6.07, 6.45) is 3.33. The molecule has 0 radical (unpaired) electrons. The smallest absolute Gasteiger partial charge is 0.322 e. The molecule has 2 rings (SSSR count). The molecular weight excluding hydrogens is 256 g/mol. The molecular formula is C16H26O4. The van der Waals surface area contributed by atoms with Gasteiger partial charge in [-0.05, 0) is 43.9 Å². The number of carbonyl (C=O) groups is 2. The fourth-order valence-electron chi connectivity index (χ4n) is 4.00.